The zero-order valence-corrected chi connectivity index (χ0v) is 12.5. The number of carbonyl (C=O) groups excluding carboxylic acids is 1. The lowest BCUT2D eigenvalue weighted by molar-refractivity contribution is 0.0955. The van der Waals surface area contributed by atoms with Gasteiger partial charge in [0.05, 0.1) is 11.1 Å². The number of para-hydroxylation sites is 1. The lowest BCUT2D eigenvalue weighted by Gasteiger charge is -2.09. The number of pyridine rings is 1. The van der Waals surface area contributed by atoms with E-state index in [1.54, 1.807) is 12.3 Å². The van der Waals surface area contributed by atoms with Crippen LogP contribution in [0.2, 0.25) is 0 Å². The molecule has 0 spiro atoms. The van der Waals surface area contributed by atoms with Crippen LogP contribution < -0.4 is 5.32 Å². The number of fused-ring (bicyclic) bond motifs is 1. The van der Waals surface area contributed by atoms with E-state index in [9.17, 15) is 4.79 Å². The minimum Gasteiger partial charge on any atom is -0.352 e. The largest absolute Gasteiger partial charge is 0.352 e. The number of nitrogens with one attached hydrogen (secondary N) is 1. The molecular weight excluding hydrogens is 272 g/mol. The summed E-state index contributed by atoms with van der Waals surface area (Å²) in [5.41, 5.74) is 4.04. The molecule has 1 heterocycles. The predicted octanol–water partition coefficient (Wildman–Crippen LogP) is 3.52. The fraction of sp³-hybridized carbons (Fsp3) is 0.158. The third-order valence-electron chi connectivity index (χ3n) is 3.83. The molecule has 0 bridgehead atoms. The number of aryl methyl sites for hydroxylation is 1. The van der Waals surface area contributed by atoms with Crippen molar-refractivity contribution in [2.75, 3.05) is 6.54 Å². The zero-order valence-electron chi connectivity index (χ0n) is 12.5. The molecule has 0 radical (unpaired) electrons. The van der Waals surface area contributed by atoms with Gasteiger partial charge in [-0.25, -0.2) is 0 Å². The number of benzene rings is 2. The van der Waals surface area contributed by atoms with Gasteiger partial charge in [0.15, 0.2) is 0 Å². The van der Waals surface area contributed by atoms with Crippen molar-refractivity contribution >= 4 is 16.8 Å². The van der Waals surface area contributed by atoms with Gasteiger partial charge in [0.2, 0.25) is 0 Å². The highest BCUT2D eigenvalue weighted by Crippen LogP contribution is 2.16. The van der Waals surface area contributed by atoms with Gasteiger partial charge < -0.3 is 5.32 Å². The highest BCUT2D eigenvalue weighted by Gasteiger charge is 2.09. The average Bonchev–Trinajstić information content (AvgIpc) is 2.56. The van der Waals surface area contributed by atoms with Gasteiger partial charge in [-0.05, 0) is 36.6 Å². The van der Waals surface area contributed by atoms with Crippen LogP contribution in [0.3, 0.4) is 0 Å². The Bertz CT molecular complexity index is 806. The quantitative estimate of drug-likeness (QED) is 0.799. The lowest BCUT2D eigenvalue weighted by Crippen LogP contribution is -2.26. The third kappa shape index (κ3) is 2.98. The SMILES string of the molecule is Cc1ccccc1CCNC(=O)c1ccnc2ccccc12. The fourth-order valence-electron chi connectivity index (χ4n) is 2.59. The summed E-state index contributed by atoms with van der Waals surface area (Å²) in [7, 11) is 0. The van der Waals surface area contributed by atoms with E-state index in [1.165, 1.54) is 11.1 Å². The predicted molar refractivity (Wildman–Crippen MR) is 89.0 cm³/mol. The van der Waals surface area contributed by atoms with Crippen LogP contribution >= 0.6 is 0 Å². The molecule has 22 heavy (non-hydrogen) atoms. The Kier molecular flexibility index (Phi) is 4.15. The summed E-state index contributed by atoms with van der Waals surface area (Å²) in [6.45, 7) is 2.72. The molecule has 0 aliphatic carbocycles. The van der Waals surface area contributed by atoms with Crippen molar-refractivity contribution in [1.29, 1.82) is 0 Å². The van der Waals surface area contributed by atoms with E-state index in [0.29, 0.717) is 12.1 Å². The smallest absolute Gasteiger partial charge is 0.252 e. The molecule has 0 atom stereocenters. The van der Waals surface area contributed by atoms with Crippen molar-refractivity contribution < 1.29 is 4.79 Å². The summed E-state index contributed by atoms with van der Waals surface area (Å²) >= 11 is 0. The minimum atomic E-state index is -0.0489. The van der Waals surface area contributed by atoms with Gasteiger partial charge >= 0.3 is 0 Å². The van der Waals surface area contributed by atoms with E-state index in [0.717, 1.165) is 17.3 Å². The summed E-state index contributed by atoms with van der Waals surface area (Å²) in [6.07, 6.45) is 2.51. The molecule has 0 aliphatic heterocycles. The van der Waals surface area contributed by atoms with Gasteiger partial charge in [-0.15, -0.1) is 0 Å². The Morgan fingerprint density at radius 2 is 1.82 bits per heavy atom. The maximum atomic E-state index is 12.4. The number of hydrogen-bond acceptors (Lipinski definition) is 2. The Balaban J connectivity index is 1.70. The monoisotopic (exact) mass is 290 g/mol. The van der Waals surface area contributed by atoms with Crippen LogP contribution in [0.25, 0.3) is 10.9 Å². The van der Waals surface area contributed by atoms with Gasteiger partial charge in [-0.2, -0.15) is 0 Å². The molecule has 1 N–H and O–H groups in total. The van der Waals surface area contributed by atoms with Crippen LogP contribution in [0.1, 0.15) is 21.5 Å². The molecule has 0 unspecified atom stereocenters. The van der Waals surface area contributed by atoms with Gasteiger partial charge in [0.25, 0.3) is 5.91 Å². The van der Waals surface area contributed by atoms with E-state index in [-0.39, 0.29) is 5.91 Å². The van der Waals surface area contributed by atoms with E-state index in [2.05, 4.69) is 29.4 Å². The summed E-state index contributed by atoms with van der Waals surface area (Å²) in [6, 6.07) is 17.7. The highest BCUT2D eigenvalue weighted by molar-refractivity contribution is 6.05. The van der Waals surface area contributed by atoms with Crippen molar-refractivity contribution in [2.45, 2.75) is 13.3 Å². The van der Waals surface area contributed by atoms with Crippen molar-refractivity contribution in [1.82, 2.24) is 10.3 Å². The second-order valence-electron chi connectivity index (χ2n) is 5.31. The number of carbonyl (C=O) groups is 1. The first-order valence-electron chi connectivity index (χ1n) is 7.42. The molecular formula is C19H18N2O. The molecule has 3 nitrogen and oxygen atoms in total. The van der Waals surface area contributed by atoms with Gasteiger partial charge in [0, 0.05) is 18.1 Å². The fourth-order valence-corrected chi connectivity index (χ4v) is 2.59. The normalized spacial score (nSPS) is 10.6. The van der Waals surface area contributed by atoms with E-state index in [4.69, 9.17) is 0 Å². The van der Waals surface area contributed by atoms with Crippen molar-refractivity contribution in [2.24, 2.45) is 0 Å². The second kappa shape index (κ2) is 6.39. The van der Waals surface area contributed by atoms with E-state index in [1.807, 2.05) is 36.4 Å². The number of rotatable bonds is 4. The van der Waals surface area contributed by atoms with Crippen LogP contribution in [0.4, 0.5) is 0 Å². The number of aromatic nitrogens is 1. The van der Waals surface area contributed by atoms with E-state index < -0.39 is 0 Å². The van der Waals surface area contributed by atoms with Gasteiger partial charge in [-0.3, -0.25) is 9.78 Å². The zero-order chi connectivity index (χ0) is 15.4. The second-order valence-corrected chi connectivity index (χ2v) is 5.31. The van der Waals surface area contributed by atoms with Gasteiger partial charge in [0.1, 0.15) is 0 Å². The molecule has 3 heteroatoms. The van der Waals surface area contributed by atoms with Crippen LogP contribution in [-0.2, 0) is 6.42 Å². The number of nitrogens with zero attached hydrogens (tertiary/aromatic N) is 1. The molecule has 2 aromatic carbocycles. The van der Waals surface area contributed by atoms with Crippen molar-refractivity contribution in [3.05, 3.63) is 77.5 Å². The Morgan fingerprint density at radius 3 is 2.68 bits per heavy atom. The molecule has 3 aromatic rings. The summed E-state index contributed by atoms with van der Waals surface area (Å²) in [4.78, 5) is 16.7. The Labute approximate surface area is 130 Å². The van der Waals surface area contributed by atoms with Crippen LogP contribution in [0.15, 0.2) is 60.8 Å². The summed E-state index contributed by atoms with van der Waals surface area (Å²) in [5, 5.41) is 3.89. The maximum Gasteiger partial charge on any atom is 0.252 e. The number of amides is 1. The van der Waals surface area contributed by atoms with Crippen LogP contribution in [0.5, 0.6) is 0 Å². The topological polar surface area (TPSA) is 42.0 Å². The van der Waals surface area contributed by atoms with Crippen LogP contribution in [-0.4, -0.2) is 17.4 Å². The Morgan fingerprint density at radius 1 is 1.05 bits per heavy atom. The molecule has 0 saturated heterocycles. The molecule has 0 saturated carbocycles. The third-order valence-corrected chi connectivity index (χ3v) is 3.83. The maximum absolute atomic E-state index is 12.4. The molecule has 0 fully saturated rings. The lowest BCUT2D eigenvalue weighted by atomic mass is 10.1. The average molecular weight is 290 g/mol. The first kappa shape index (κ1) is 14.3. The number of hydrogen-bond donors (Lipinski definition) is 1. The highest BCUT2D eigenvalue weighted by atomic mass is 16.1. The molecule has 0 aliphatic rings. The molecule has 1 aromatic heterocycles. The van der Waals surface area contributed by atoms with Crippen molar-refractivity contribution in [3.63, 3.8) is 0 Å². The van der Waals surface area contributed by atoms with E-state index >= 15 is 0 Å². The van der Waals surface area contributed by atoms with Crippen LogP contribution in [0, 0.1) is 6.92 Å². The molecule has 1 amide bonds. The molecule has 110 valence electrons. The first-order chi connectivity index (χ1) is 10.8. The standard InChI is InChI=1S/C19H18N2O/c1-14-6-2-3-7-15(14)10-12-21-19(22)17-11-13-20-18-9-5-4-8-16(17)18/h2-9,11,13H,10,12H2,1H3,(H,21,22). The van der Waals surface area contributed by atoms with Crippen molar-refractivity contribution in [3.8, 4) is 0 Å². The Hall–Kier alpha value is -2.68. The minimum absolute atomic E-state index is 0.0489. The molecule has 3 rings (SSSR count). The van der Waals surface area contributed by atoms with Gasteiger partial charge in [-0.1, -0.05) is 42.5 Å². The summed E-state index contributed by atoms with van der Waals surface area (Å²) in [5.74, 6) is -0.0489. The first-order valence-corrected chi connectivity index (χ1v) is 7.42. The summed E-state index contributed by atoms with van der Waals surface area (Å²) < 4.78 is 0.